The van der Waals surface area contributed by atoms with Gasteiger partial charge in [0.05, 0.1) is 0 Å². The van der Waals surface area contributed by atoms with Gasteiger partial charge in [-0.25, -0.2) is 0 Å². The van der Waals surface area contributed by atoms with Gasteiger partial charge in [-0.3, -0.25) is 0 Å². The van der Waals surface area contributed by atoms with E-state index in [-0.39, 0.29) is 5.41 Å². The molecule has 2 nitrogen and oxygen atoms in total. The Balaban J connectivity index is 0.863. The molecule has 0 fully saturated rings. The van der Waals surface area contributed by atoms with Gasteiger partial charge in [-0.2, -0.15) is 0 Å². The topological polar surface area (TPSA) is 6.48 Å². The highest BCUT2D eigenvalue weighted by atomic mass is 28.3. The first-order valence-electron chi connectivity index (χ1n) is 27.9. The van der Waals surface area contributed by atoms with Crippen molar-refractivity contribution in [3.8, 4) is 55.6 Å². The SMILES string of the molecule is Cc1ccc(-c2ccc3c(c2)C(C)(C)c2cc(-c4ccc(N(c5ccc(-c6ccccc6)cc5)c5ccc([Si](c6ccccc6)(c6ccccc6)c6ccc(N(C)c7ccc(-c8ccccc8)cc7)cc6)cc5)cc4)ccc2-3)cc1. The minimum absolute atomic E-state index is 0.144. The highest BCUT2D eigenvalue weighted by molar-refractivity contribution is 7.19. The Morgan fingerprint density at radius 3 is 0.938 bits per heavy atom. The third-order valence-electron chi connectivity index (χ3n) is 16.8. The Kier molecular flexibility index (Phi) is 13.1. The fourth-order valence-electron chi connectivity index (χ4n) is 12.4. The van der Waals surface area contributed by atoms with Crippen LogP contribution in [0, 0.1) is 6.92 Å². The fraction of sp³-hybridized carbons (Fsp3) is 0.0649. The largest absolute Gasteiger partial charge is 0.345 e. The smallest absolute Gasteiger partial charge is 0.179 e. The van der Waals surface area contributed by atoms with Crippen molar-refractivity contribution in [1.29, 1.82) is 0 Å². The Morgan fingerprint density at radius 2 is 0.550 bits per heavy atom. The molecule has 80 heavy (non-hydrogen) atoms. The third-order valence-corrected chi connectivity index (χ3v) is 21.6. The van der Waals surface area contributed by atoms with Crippen LogP contribution in [0.3, 0.4) is 0 Å². The van der Waals surface area contributed by atoms with E-state index >= 15 is 0 Å². The molecule has 1 aliphatic rings. The Labute approximate surface area is 473 Å². The molecule has 0 aliphatic heterocycles. The van der Waals surface area contributed by atoms with Crippen LogP contribution in [0.15, 0.2) is 303 Å². The number of anilines is 5. The molecule has 0 amide bonds. The highest BCUT2D eigenvalue weighted by Gasteiger charge is 2.42. The van der Waals surface area contributed by atoms with E-state index in [9.17, 15) is 0 Å². The van der Waals surface area contributed by atoms with Crippen LogP contribution in [0.25, 0.3) is 55.6 Å². The molecule has 1 aliphatic carbocycles. The van der Waals surface area contributed by atoms with Crippen LogP contribution in [-0.2, 0) is 5.41 Å². The fourth-order valence-corrected chi connectivity index (χ4v) is 17.1. The van der Waals surface area contributed by atoms with E-state index in [0.29, 0.717) is 0 Å². The molecule has 0 atom stereocenters. The zero-order chi connectivity index (χ0) is 54.2. The van der Waals surface area contributed by atoms with Crippen molar-refractivity contribution in [3.63, 3.8) is 0 Å². The van der Waals surface area contributed by atoms with Gasteiger partial charge in [0.2, 0.25) is 0 Å². The molecule has 13 rings (SSSR count). The number of rotatable bonds is 13. The Bertz CT molecular complexity index is 4040. The number of hydrogen-bond donors (Lipinski definition) is 0. The maximum Gasteiger partial charge on any atom is 0.179 e. The normalized spacial score (nSPS) is 12.3. The predicted octanol–water partition coefficient (Wildman–Crippen LogP) is 17.6. The van der Waals surface area contributed by atoms with Crippen molar-refractivity contribution in [2.75, 3.05) is 16.8 Å². The molecule has 12 aromatic rings. The molecular formula is C77H62N2Si. The average molecular weight is 1040 g/mol. The maximum atomic E-state index is 2.43. The van der Waals surface area contributed by atoms with Gasteiger partial charge in [-0.1, -0.05) is 250 Å². The number of aryl methyl sites for hydroxylation is 1. The van der Waals surface area contributed by atoms with Crippen LogP contribution >= 0.6 is 0 Å². The van der Waals surface area contributed by atoms with Gasteiger partial charge in [-0.15, -0.1) is 0 Å². The molecular weight excluding hydrogens is 981 g/mol. The lowest BCUT2D eigenvalue weighted by Gasteiger charge is -2.35. The predicted molar refractivity (Wildman–Crippen MR) is 343 cm³/mol. The summed E-state index contributed by atoms with van der Waals surface area (Å²) in [5, 5.41) is 5.32. The minimum Gasteiger partial charge on any atom is -0.345 e. The van der Waals surface area contributed by atoms with Crippen molar-refractivity contribution in [2.24, 2.45) is 0 Å². The summed E-state index contributed by atoms with van der Waals surface area (Å²) >= 11 is 0. The van der Waals surface area contributed by atoms with Crippen LogP contribution in [0.1, 0.15) is 30.5 Å². The summed E-state index contributed by atoms with van der Waals surface area (Å²) in [4.78, 5) is 4.68. The standard InChI is InChI=1S/C77H62N2Si/c1-55-25-27-60(28-26-55)62-35-51-73-74-52-36-63(54-76(74)77(2,3)75(73)53-62)61-33-41-67(42-34-61)79(66-39-31-59(32-40-66)57-19-11-6-12-20-57)68-45-49-72(50-46-68)80(69-21-13-7-14-22-69,70-23-15-8-16-24-70)71-47-43-65(44-48-71)78(4)64-37-29-58(30-38-64)56-17-9-5-10-18-56/h5-54H,1-4H3. The lowest BCUT2D eigenvalue weighted by atomic mass is 9.81. The van der Waals surface area contributed by atoms with Gasteiger partial charge in [0.15, 0.2) is 8.07 Å². The molecule has 384 valence electrons. The molecule has 3 heteroatoms. The van der Waals surface area contributed by atoms with Crippen molar-refractivity contribution < 1.29 is 0 Å². The van der Waals surface area contributed by atoms with Crippen molar-refractivity contribution >= 4 is 57.3 Å². The van der Waals surface area contributed by atoms with Crippen LogP contribution < -0.4 is 30.5 Å². The maximum absolute atomic E-state index is 2.88. The summed E-state index contributed by atoms with van der Waals surface area (Å²) in [7, 11) is -0.724. The number of benzene rings is 12. The molecule has 0 saturated heterocycles. The monoisotopic (exact) mass is 1040 g/mol. The van der Waals surface area contributed by atoms with Crippen molar-refractivity contribution in [1.82, 2.24) is 0 Å². The number of hydrogen-bond acceptors (Lipinski definition) is 2. The van der Waals surface area contributed by atoms with E-state index in [4.69, 9.17) is 0 Å². The molecule has 0 unspecified atom stereocenters. The summed E-state index contributed by atoms with van der Waals surface area (Å²) in [5.41, 5.74) is 21.9. The van der Waals surface area contributed by atoms with E-state index in [2.05, 4.69) is 341 Å². The van der Waals surface area contributed by atoms with Gasteiger partial charge in [0, 0.05) is 40.9 Å². The number of nitrogens with zero attached hydrogens (tertiary/aromatic N) is 2. The minimum atomic E-state index is -2.88. The van der Waals surface area contributed by atoms with E-state index in [0.717, 1.165) is 28.4 Å². The number of fused-ring (bicyclic) bond motifs is 3. The second kappa shape index (κ2) is 21.0. The van der Waals surface area contributed by atoms with Crippen molar-refractivity contribution in [2.45, 2.75) is 26.2 Å². The summed E-state index contributed by atoms with van der Waals surface area (Å²) in [6.45, 7) is 6.91. The second-order valence-corrected chi connectivity index (χ2v) is 25.7. The summed E-state index contributed by atoms with van der Waals surface area (Å²) in [6.07, 6.45) is 0. The van der Waals surface area contributed by atoms with Gasteiger partial charge >= 0.3 is 0 Å². The summed E-state index contributed by atoms with van der Waals surface area (Å²) < 4.78 is 0. The lowest BCUT2D eigenvalue weighted by Crippen LogP contribution is -2.74. The Hall–Kier alpha value is -9.54. The van der Waals surface area contributed by atoms with Crippen LogP contribution in [0.5, 0.6) is 0 Å². The first kappa shape index (κ1) is 50.0. The van der Waals surface area contributed by atoms with E-state index in [1.54, 1.807) is 0 Å². The molecule has 0 N–H and O–H groups in total. The molecule has 0 saturated carbocycles. The third kappa shape index (κ3) is 9.16. The molecule has 12 aromatic carbocycles. The van der Waals surface area contributed by atoms with Crippen LogP contribution in [0.4, 0.5) is 28.4 Å². The summed E-state index contributed by atoms with van der Waals surface area (Å²) in [6, 6.07) is 113. The average Bonchev–Trinajstić information content (AvgIpc) is 3.91. The quantitative estimate of drug-likeness (QED) is 0.0839. The first-order chi connectivity index (χ1) is 39.2. The van der Waals surface area contributed by atoms with Gasteiger partial charge in [0.25, 0.3) is 0 Å². The molecule has 0 bridgehead atoms. The van der Waals surface area contributed by atoms with Crippen LogP contribution in [-0.4, -0.2) is 15.1 Å². The summed E-state index contributed by atoms with van der Waals surface area (Å²) in [5.74, 6) is 0. The van der Waals surface area contributed by atoms with E-state index < -0.39 is 8.07 Å². The first-order valence-corrected chi connectivity index (χ1v) is 29.9. The van der Waals surface area contributed by atoms with Gasteiger partial charge in [0.1, 0.15) is 0 Å². The zero-order valence-corrected chi connectivity index (χ0v) is 46.8. The molecule has 0 aromatic heterocycles. The van der Waals surface area contributed by atoms with Crippen molar-refractivity contribution in [3.05, 3.63) is 320 Å². The lowest BCUT2D eigenvalue weighted by molar-refractivity contribution is 0.661. The van der Waals surface area contributed by atoms with Gasteiger partial charge < -0.3 is 9.80 Å². The zero-order valence-electron chi connectivity index (χ0n) is 45.8. The van der Waals surface area contributed by atoms with E-state index in [1.807, 2.05) is 0 Å². The highest BCUT2D eigenvalue weighted by Crippen LogP contribution is 2.51. The van der Waals surface area contributed by atoms with Gasteiger partial charge in [-0.05, 0) is 167 Å². The molecule has 0 spiro atoms. The molecule has 0 heterocycles. The Morgan fingerprint density at radius 1 is 0.275 bits per heavy atom. The molecule has 0 radical (unpaired) electrons. The second-order valence-electron chi connectivity index (χ2n) is 21.9. The van der Waals surface area contributed by atoms with E-state index in [1.165, 1.54) is 93.1 Å². The van der Waals surface area contributed by atoms with Crippen LogP contribution in [0.2, 0.25) is 0 Å².